The van der Waals surface area contributed by atoms with Gasteiger partial charge in [-0.25, -0.2) is 8.78 Å². The van der Waals surface area contributed by atoms with Gasteiger partial charge in [0.25, 0.3) is 0 Å². The van der Waals surface area contributed by atoms with Crippen molar-refractivity contribution >= 4 is 28.1 Å². The van der Waals surface area contributed by atoms with E-state index in [0.29, 0.717) is 11.0 Å². The minimum atomic E-state index is -0.734. The quantitative estimate of drug-likeness (QED) is 0.919. The van der Waals surface area contributed by atoms with Crippen molar-refractivity contribution in [2.24, 2.45) is 0 Å². The molecule has 5 nitrogen and oxygen atoms in total. The monoisotopic (exact) mass is 324 g/mol. The first kappa shape index (κ1) is 14.8. The minimum Gasteiger partial charge on any atom is -0.340 e. The maximum absolute atomic E-state index is 13.1. The highest BCUT2D eigenvalue weighted by Crippen LogP contribution is 2.42. The molecule has 0 atom stereocenters. The Morgan fingerprint density at radius 2 is 2.00 bits per heavy atom. The number of hydrogen-bond donors (Lipinski definition) is 1. The molecule has 1 saturated carbocycles. The summed E-state index contributed by atoms with van der Waals surface area (Å²) in [7, 11) is 1.73. The molecular formula is C14H14F2N4OS. The van der Waals surface area contributed by atoms with Crippen LogP contribution in [0.4, 0.5) is 19.6 Å². The fourth-order valence-corrected chi connectivity index (χ4v) is 2.96. The van der Waals surface area contributed by atoms with Crippen LogP contribution in [-0.2, 0) is 4.79 Å². The van der Waals surface area contributed by atoms with Gasteiger partial charge < -0.3 is 10.2 Å². The maximum Gasteiger partial charge on any atom is 0.243 e. The summed E-state index contributed by atoms with van der Waals surface area (Å²) in [5.41, 5.74) is 0.0897. The van der Waals surface area contributed by atoms with Crippen molar-refractivity contribution in [1.82, 2.24) is 10.2 Å². The molecule has 0 bridgehead atoms. The number of nitrogens with zero attached hydrogens (tertiary/aromatic N) is 3. The van der Waals surface area contributed by atoms with Crippen LogP contribution in [0.5, 0.6) is 0 Å². The molecule has 1 N–H and O–H groups in total. The molecule has 0 aliphatic heterocycles. The van der Waals surface area contributed by atoms with Gasteiger partial charge in [0.1, 0.15) is 16.6 Å². The molecule has 1 fully saturated rings. The fourth-order valence-electron chi connectivity index (χ4n) is 1.99. The Balaban J connectivity index is 1.60. The van der Waals surface area contributed by atoms with Crippen LogP contribution in [0.3, 0.4) is 0 Å². The van der Waals surface area contributed by atoms with Crippen molar-refractivity contribution in [3.05, 3.63) is 34.8 Å². The molecule has 0 saturated heterocycles. The Morgan fingerprint density at radius 1 is 1.32 bits per heavy atom. The molecule has 0 unspecified atom stereocenters. The van der Waals surface area contributed by atoms with E-state index in [0.717, 1.165) is 36.0 Å². The second-order valence-corrected chi connectivity index (χ2v) is 6.25. The molecule has 2 aromatic rings. The highest BCUT2D eigenvalue weighted by molar-refractivity contribution is 7.15. The van der Waals surface area contributed by atoms with E-state index < -0.39 is 11.6 Å². The molecule has 1 amide bonds. The number of aromatic nitrogens is 2. The van der Waals surface area contributed by atoms with Crippen LogP contribution in [0.15, 0.2) is 18.2 Å². The van der Waals surface area contributed by atoms with Crippen LogP contribution in [-0.4, -0.2) is 29.7 Å². The predicted octanol–water partition coefficient (Wildman–Crippen LogP) is 2.77. The highest BCUT2D eigenvalue weighted by Gasteiger charge is 2.28. The van der Waals surface area contributed by atoms with Crippen LogP contribution in [0.1, 0.15) is 23.8 Å². The molecule has 1 heterocycles. The fraction of sp³-hybridized carbons (Fsp3) is 0.357. The van der Waals surface area contributed by atoms with Crippen molar-refractivity contribution < 1.29 is 13.6 Å². The molecule has 116 valence electrons. The van der Waals surface area contributed by atoms with Crippen LogP contribution in [0, 0.1) is 11.6 Å². The Hall–Kier alpha value is -2.09. The van der Waals surface area contributed by atoms with Gasteiger partial charge in [-0.2, -0.15) is 0 Å². The SMILES string of the molecule is CN(CC(=O)Nc1cc(F)cc(F)c1)c1nnc(C2CC2)s1. The van der Waals surface area contributed by atoms with Crippen molar-refractivity contribution in [2.45, 2.75) is 18.8 Å². The Labute approximate surface area is 130 Å². The van der Waals surface area contributed by atoms with E-state index in [4.69, 9.17) is 0 Å². The summed E-state index contributed by atoms with van der Waals surface area (Å²) >= 11 is 1.47. The lowest BCUT2D eigenvalue weighted by molar-refractivity contribution is -0.114. The lowest BCUT2D eigenvalue weighted by Gasteiger charge is -2.14. The predicted molar refractivity (Wildman–Crippen MR) is 80.1 cm³/mol. The molecule has 3 rings (SSSR count). The average molecular weight is 324 g/mol. The van der Waals surface area contributed by atoms with Gasteiger partial charge >= 0.3 is 0 Å². The molecule has 1 aromatic carbocycles. The summed E-state index contributed by atoms with van der Waals surface area (Å²) in [6.07, 6.45) is 2.29. The highest BCUT2D eigenvalue weighted by atomic mass is 32.1. The zero-order valence-corrected chi connectivity index (χ0v) is 12.7. The van der Waals surface area contributed by atoms with Gasteiger partial charge in [0.2, 0.25) is 11.0 Å². The third kappa shape index (κ3) is 3.56. The average Bonchev–Trinajstić information content (AvgIpc) is 3.14. The van der Waals surface area contributed by atoms with Crippen LogP contribution in [0.25, 0.3) is 0 Å². The number of anilines is 2. The van der Waals surface area contributed by atoms with Gasteiger partial charge in [-0.1, -0.05) is 11.3 Å². The van der Waals surface area contributed by atoms with Gasteiger partial charge in [0.05, 0.1) is 6.54 Å². The van der Waals surface area contributed by atoms with E-state index >= 15 is 0 Å². The summed E-state index contributed by atoms with van der Waals surface area (Å²) in [6.45, 7) is 0.0252. The van der Waals surface area contributed by atoms with Crippen molar-refractivity contribution in [3.63, 3.8) is 0 Å². The lowest BCUT2D eigenvalue weighted by Crippen LogP contribution is -2.30. The van der Waals surface area contributed by atoms with Gasteiger partial charge in [-0.15, -0.1) is 10.2 Å². The number of hydrogen-bond acceptors (Lipinski definition) is 5. The number of rotatable bonds is 5. The third-order valence-corrected chi connectivity index (χ3v) is 4.41. The summed E-state index contributed by atoms with van der Waals surface area (Å²) in [4.78, 5) is 13.6. The summed E-state index contributed by atoms with van der Waals surface area (Å²) in [5, 5.41) is 12.3. The van der Waals surface area contributed by atoms with Gasteiger partial charge in [-0.3, -0.25) is 4.79 Å². The second-order valence-electron chi connectivity index (χ2n) is 5.26. The lowest BCUT2D eigenvalue weighted by atomic mass is 10.3. The van der Waals surface area contributed by atoms with Crippen molar-refractivity contribution in [3.8, 4) is 0 Å². The molecule has 8 heteroatoms. The summed E-state index contributed by atoms with van der Waals surface area (Å²) < 4.78 is 26.1. The molecule has 1 aliphatic carbocycles. The van der Waals surface area contributed by atoms with Crippen LogP contribution in [0.2, 0.25) is 0 Å². The summed E-state index contributed by atoms with van der Waals surface area (Å²) in [6, 6.07) is 2.89. The van der Waals surface area contributed by atoms with E-state index in [1.807, 2.05) is 0 Å². The second kappa shape index (κ2) is 5.96. The van der Waals surface area contributed by atoms with Crippen LogP contribution >= 0.6 is 11.3 Å². The number of likely N-dealkylation sites (N-methyl/N-ethyl adjacent to an activating group) is 1. The molecule has 1 aromatic heterocycles. The van der Waals surface area contributed by atoms with E-state index in [9.17, 15) is 13.6 Å². The first-order chi connectivity index (χ1) is 10.5. The Bertz CT molecular complexity index is 682. The largest absolute Gasteiger partial charge is 0.340 e. The molecule has 22 heavy (non-hydrogen) atoms. The van der Waals surface area contributed by atoms with E-state index in [2.05, 4.69) is 15.5 Å². The molecule has 1 aliphatic rings. The topological polar surface area (TPSA) is 58.1 Å². The molecular weight excluding hydrogens is 310 g/mol. The maximum atomic E-state index is 13.1. The number of nitrogens with one attached hydrogen (secondary N) is 1. The number of benzene rings is 1. The molecule has 0 spiro atoms. The Kier molecular flexibility index (Phi) is 4.02. The van der Waals surface area contributed by atoms with Crippen molar-refractivity contribution in [2.75, 3.05) is 23.8 Å². The van der Waals surface area contributed by atoms with E-state index in [1.165, 1.54) is 11.3 Å². The minimum absolute atomic E-state index is 0.0252. The van der Waals surface area contributed by atoms with Gasteiger partial charge in [0.15, 0.2) is 0 Å². The van der Waals surface area contributed by atoms with E-state index in [-0.39, 0.29) is 18.1 Å². The third-order valence-electron chi connectivity index (χ3n) is 3.21. The normalized spacial score (nSPS) is 14.0. The summed E-state index contributed by atoms with van der Waals surface area (Å²) in [5.74, 6) is -1.33. The first-order valence-corrected chi connectivity index (χ1v) is 7.63. The zero-order valence-electron chi connectivity index (χ0n) is 11.8. The van der Waals surface area contributed by atoms with Crippen molar-refractivity contribution in [1.29, 1.82) is 0 Å². The number of carbonyl (C=O) groups excluding carboxylic acids is 1. The van der Waals surface area contributed by atoms with Gasteiger partial charge in [0, 0.05) is 24.7 Å². The Morgan fingerprint density at radius 3 is 2.64 bits per heavy atom. The van der Waals surface area contributed by atoms with Crippen LogP contribution < -0.4 is 10.2 Å². The zero-order chi connectivity index (χ0) is 15.7. The smallest absolute Gasteiger partial charge is 0.243 e. The first-order valence-electron chi connectivity index (χ1n) is 6.82. The van der Waals surface area contributed by atoms with Gasteiger partial charge in [-0.05, 0) is 25.0 Å². The number of halogens is 2. The van der Waals surface area contributed by atoms with E-state index in [1.54, 1.807) is 11.9 Å². The number of amides is 1. The standard InChI is InChI=1S/C14H14F2N4OS/c1-20(14-19-18-13(22-14)8-2-3-8)7-12(21)17-11-5-9(15)4-10(16)6-11/h4-6,8H,2-3,7H2,1H3,(H,17,21). The molecule has 0 radical (unpaired) electrons. The number of carbonyl (C=O) groups is 1.